The monoisotopic (exact) mass is 788 g/mol. The minimum Gasteiger partial charge on any atom is -0.488 e. The largest absolute Gasteiger partial charge is 0.500 e. The van der Waals surface area contributed by atoms with Gasteiger partial charge in [0, 0.05) is 5.41 Å². The van der Waals surface area contributed by atoms with Crippen LogP contribution >= 0.6 is 0 Å². The van der Waals surface area contributed by atoms with Crippen LogP contribution in [0.4, 0.5) is 26.3 Å². The fourth-order valence-corrected chi connectivity index (χ4v) is 6.67. The second-order valence-corrected chi connectivity index (χ2v) is 17.1. The molecule has 4 aromatic carbocycles. The van der Waals surface area contributed by atoms with Crippen molar-refractivity contribution in [1.29, 1.82) is 0 Å². The third-order valence-electron chi connectivity index (χ3n) is 8.19. The molecule has 0 N–H and O–H groups in total. The maximum Gasteiger partial charge on any atom is 0.500 e. The molecule has 8 nitrogen and oxygen atoms in total. The SMILES string of the molecule is CC(C)S(=O)(=O)Oc1ccc(C(c2ccc(OS(=O)(=O)Oc3ccc(C(C)(C)c4ccc(OC(C)(C)C)cc4)cc3)cc2)(C(F)(F)F)C(F)(F)F)cc1. The molecule has 0 aromatic heterocycles. The first-order chi connectivity index (χ1) is 24.2. The summed E-state index contributed by atoms with van der Waals surface area (Å²) in [5.74, 6) is -0.604. The average Bonchev–Trinajstić information content (AvgIpc) is 3.01. The van der Waals surface area contributed by atoms with E-state index in [2.05, 4.69) is 0 Å². The molecule has 4 rings (SSSR count). The van der Waals surface area contributed by atoms with Crippen molar-refractivity contribution in [2.75, 3.05) is 0 Å². The smallest absolute Gasteiger partial charge is 0.488 e. The van der Waals surface area contributed by atoms with Gasteiger partial charge in [-0.3, -0.25) is 0 Å². The summed E-state index contributed by atoms with van der Waals surface area (Å²) >= 11 is 0. The number of hydrogen-bond donors (Lipinski definition) is 0. The van der Waals surface area contributed by atoms with E-state index in [1.165, 1.54) is 26.0 Å². The Morgan fingerprint density at radius 2 is 0.774 bits per heavy atom. The van der Waals surface area contributed by atoms with Crippen LogP contribution in [0.25, 0.3) is 0 Å². The summed E-state index contributed by atoms with van der Waals surface area (Å²) in [6, 6.07) is 17.9. The Hall–Kier alpha value is -4.44. The lowest BCUT2D eigenvalue weighted by Gasteiger charge is -2.38. The Morgan fingerprint density at radius 3 is 1.08 bits per heavy atom. The standard InChI is InChI=1S/C37H38F6O8S2/c1-24(2)52(44,45)49-30-20-12-27(13-21-30)35(36(38,39)40,37(41,42)43)28-14-22-32(23-15-28)51-53(46,47)50-31-18-10-26(11-19-31)34(6,7)25-8-16-29(17-9-25)48-33(3,4)5/h8-24H,1-7H3. The van der Waals surface area contributed by atoms with Crippen LogP contribution in [0.15, 0.2) is 97.1 Å². The van der Waals surface area contributed by atoms with E-state index in [4.69, 9.17) is 17.3 Å². The maximum absolute atomic E-state index is 14.6. The maximum atomic E-state index is 14.6. The van der Waals surface area contributed by atoms with Gasteiger partial charge in [0.1, 0.15) is 28.6 Å². The second-order valence-electron chi connectivity index (χ2n) is 13.9. The first kappa shape index (κ1) is 41.3. The molecule has 0 spiro atoms. The predicted octanol–water partition coefficient (Wildman–Crippen LogP) is 9.42. The normalized spacial score (nSPS) is 13.5. The highest BCUT2D eigenvalue weighted by Crippen LogP contribution is 2.56. The Bertz CT molecular complexity index is 2070. The first-order valence-electron chi connectivity index (χ1n) is 16.0. The molecule has 0 aliphatic rings. The molecular formula is C37H38F6O8S2. The quantitative estimate of drug-likeness (QED) is 0.103. The average molecular weight is 789 g/mol. The van der Waals surface area contributed by atoms with Gasteiger partial charge in [0.05, 0.1) is 5.25 Å². The molecule has 4 aromatic rings. The Morgan fingerprint density at radius 1 is 0.472 bits per heavy atom. The molecule has 288 valence electrons. The summed E-state index contributed by atoms with van der Waals surface area (Å²) in [6.45, 7) is 12.3. The number of rotatable bonds is 12. The highest BCUT2D eigenvalue weighted by molar-refractivity contribution is 7.87. The van der Waals surface area contributed by atoms with Gasteiger partial charge in [0.2, 0.25) is 5.41 Å². The highest BCUT2D eigenvalue weighted by atomic mass is 32.3. The molecular weight excluding hydrogens is 751 g/mol. The third kappa shape index (κ3) is 9.21. The first-order valence-corrected chi connectivity index (χ1v) is 18.8. The fraction of sp³-hybridized carbons (Fsp3) is 0.351. The van der Waals surface area contributed by atoms with Crippen LogP contribution in [0.1, 0.15) is 70.7 Å². The van der Waals surface area contributed by atoms with Gasteiger partial charge in [-0.2, -0.15) is 34.8 Å². The minimum atomic E-state index is -5.97. The van der Waals surface area contributed by atoms with Crippen LogP contribution in [-0.2, 0) is 31.3 Å². The zero-order valence-electron chi connectivity index (χ0n) is 29.7. The molecule has 0 fully saturated rings. The van der Waals surface area contributed by atoms with Crippen LogP contribution in [0.5, 0.6) is 23.0 Å². The van der Waals surface area contributed by atoms with Crippen molar-refractivity contribution in [1.82, 2.24) is 0 Å². The van der Waals surface area contributed by atoms with Crippen LogP contribution in [0.3, 0.4) is 0 Å². The van der Waals surface area contributed by atoms with Gasteiger partial charge in [-0.15, -0.1) is 8.42 Å². The fourth-order valence-electron chi connectivity index (χ4n) is 5.37. The summed E-state index contributed by atoms with van der Waals surface area (Å²) in [7, 11) is -9.11. The zero-order chi connectivity index (χ0) is 39.8. The Balaban J connectivity index is 1.55. The molecule has 0 amide bonds. The summed E-state index contributed by atoms with van der Waals surface area (Å²) in [4.78, 5) is 0. The molecule has 0 atom stereocenters. The number of halogens is 6. The van der Waals surface area contributed by atoms with Gasteiger partial charge < -0.3 is 17.3 Å². The lowest BCUT2D eigenvalue weighted by Crippen LogP contribution is -2.54. The van der Waals surface area contributed by atoms with Crippen LogP contribution < -0.4 is 17.3 Å². The van der Waals surface area contributed by atoms with E-state index < -0.39 is 71.6 Å². The topological polar surface area (TPSA) is 105 Å². The predicted molar refractivity (Wildman–Crippen MR) is 186 cm³/mol. The number of alkyl halides is 6. The van der Waals surface area contributed by atoms with E-state index >= 15 is 0 Å². The van der Waals surface area contributed by atoms with Crippen LogP contribution in [0.2, 0.25) is 0 Å². The van der Waals surface area contributed by atoms with E-state index in [-0.39, 0.29) is 11.4 Å². The van der Waals surface area contributed by atoms with Crippen LogP contribution in [-0.4, -0.2) is 40.0 Å². The van der Waals surface area contributed by atoms with Gasteiger partial charge in [-0.1, -0.05) is 62.4 Å². The van der Waals surface area contributed by atoms with Gasteiger partial charge in [0.25, 0.3) is 0 Å². The van der Waals surface area contributed by atoms with Crippen molar-refractivity contribution in [3.63, 3.8) is 0 Å². The molecule has 0 saturated heterocycles. The number of benzene rings is 4. The molecule has 0 aliphatic carbocycles. The molecule has 0 radical (unpaired) electrons. The Kier molecular flexibility index (Phi) is 11.2. The van der Waals surface area contributed by atoms with Crippen molar-refractivity contribution in [2.24, 2.45) is 0 Å². The molecule has 0 heterocycles. The number of hydrogen-bond acceptors (Lipinski definition) is 8. The summed E-state index contributed by atoms with van der Waals surface area (Å²) in [5.41, 5.74) is -6.39. The van der Waals surface area contributed by atoms with Crippen molar-refractivity contribution >= 4 is 20.5 Å². The minimum absolute atomic E-state index is 0.170. The molecule has 0 saturated carbocycles. The van der Waals surface area contributed by atoms with E-state index in [9.17, 15) is 43.2 Å². The van der Waals surface area contributed by atoms with E-state index in [1.807, 2.05) is 58.9 Å². The van der Waals surface area contributed by atoms with Gasteiger partial charge >= 0.3 is 32.9 Å². The lowest BCUT2D eigenvalue weighted by molar-refractivity contribution is -0.288. The van der Waals surface area contributed by atoms with Gasteiger partial charge in [-0.25, -0.2) is 0 Å². The summed E-state index contributed by atoms with van der Waals surface area (Å²) in [5, 5.41) is -1.04. The Labute approximate surface area is 305 Å². The molecule has 53 heavy (non-hydrogen) atoms. The summed E-state index contributed by atoms with van der Waals surface area (Å²) < 4.78 is 158. The van der Waals surface area contributed by atoms with Crippen molar-refractivity contribution in [3.05, 3.63) is 119 Å². The van der Waals surface area contributed by atoms with Crippen molar-refractivity contribution < 1.29 is 60.5 Å². The molecule has 0 bridgehead atoms. The van der Waals surface area contributed by atoms with Crippen molar-refractivity contribution in [3.8, 4) is 23.0 Å². The zero-order valence-corrected chi connectivity index (χ0v) is 31.3. The van der Waals surface area contributed by atoms with E-state index in [1.54, 1.807) is 12.1 Å². The molecule has 0 unspecified atom stereocenters. The van der Waals surface area contributed by atoms with Crippen LogP contribution in [0, 0.1) is 0 Å². The highest BCUT2D eigenvalue weighted by Gasteiger charge is 2.72. The van der Waals surface area contributed by atoms with E-state index in [0.717, 1.165) is 11.1 Å². The molecule has 0 aliphatic heterocycles. The third-order valence-corrected chi connectivity index (χ3v) is 10.6. The van der Waals surface area contributed by atoms with Gasteiger partial charge in [0.15, 0.2) is 0 Å². The summed E-state index contributed by atoms with van der Waals surface area (Å²) in [6.07, 6.45) is -11.9. The van der Waals surface area contributed by atoms with Crippen molar-refractivity contribution in [2.45, 2.75) is 82.5 Å². The lowest BCUT2D eigenvalue weighted by atomic mass is 9.73. The van der Waals surface area contributed by atoms with Gasteiger partial charge in [-0.05, 0) is 105 Å². The molecule has 16 heteroatoms. The second kappa shape index (κ2) is 14.4. The number of ether oxygens (including phenoxy) is 1. The van der Waals surface area contributed by atoms with E-state index in [0.29, 0.717) is 54.3 Å².